The molecule has 0 radical (unpaired) electrons. The lowest BCUT2D eigenvalue weighted by atomic mass is 10.0. The van der Waals surface area contributed by atoms with Crippen LogP contribution >= 0.6 is 0 Å². The van der Waals surface area contributed by atoms with E-state index >= 15 is 0 Å². The first-order valence-electron chi connectivity index (χ1n) is 6.28. The predicted octanol–water partition coefficient (Wildman–Crippen LogP) is 1.58. The number of nitrogens with zero attached hydrogens (tertiary/aromatic N) is 5. The van der Waals surface area contributed by atoms with E-state index in [1.54, 1.807) is 40.0 Å². The van der Waals surface area contributed by atoms with Crippen LogP contribution in [0.4, 0.5) is 0 Å². The molecule has 0 fully saturated rings. The first kappa shape index (κ1) is 13.0. The van der Waals surface area contributed by atoms with Gasteiger partial charge in [0, 0.05) is 19.7 Å². The first-order chi connectivity index (χ1) is 10.1. The summed E-state index contributed by atoms with van der Waals surface area (Å²) >= 11 is 0. The molecule has 21 heavy (non-hydrogen) atoms. The van der Waals surface area contributed by atoms with Gasteiger partial charge in [0.2, 0.25) is 0 Å². The molecule has 2 heterocycles. The highest BCUT2D eigenvalue weighted by molar-refractivity contribution is 5.90. The molecule has 0 unspecified atom stereocenters. The van der Waals surface area contributed by atoms with Crippen LogP contribution in [0.2, 0.25) is 0 Å². The van der Waals surface area contributed by atoms with Gasteiger partial charge in [0.15, 0.2) is 5.82 Å². The zero-order chi connectivity index (χ0) is 15.0. The Morgan fingerprint density at radius 2 is 2.10 bits per heavy atom. The number of aromatic carboxylic acids is 1. The number of carbonyl (C=O) groups is 1. The van der Waals surface area contributed by atoms with Crippen LogP contribution < -0.4 is 0 Å². The van der Waals surface area contributed by atoms with E-state index in [0.29, 0.717) is 5.82 Å². The molecule has 0 saturated heterocycles. The summed E-state index contributed by atoms with van der Waals surface area (Å²) in [6.07, 6.45) is 3.31. The summed E-state index contributed by atoms with van der Waals surface area (Å²) < 4.78 is 3.49. The molecule has 0 aliphatic heterocycles. The third kappa shape index (κ3) is 2.18. The molecule has 0 amide bonds. The summed E-state index contributed by atoms with van der Waals surface area (Å²) in [7, 11) is 3.66. The second-order valence-corrected chi connectivity index (χ2v) is 4.68. The minimum absolute atomic E-state index is 0.234. The molecule has 0 aliphatic rings. The number of hydrogen-bond acceptors (Lipinski definition) is 4. The van der Waals surface area contributed by atoms with Gasteiger partial charge >= 0.3 is 5.97 Å². The Kier molecular flexibility index (Phi) is 3.02. The van der Waals surface area contributed by atoms with Crippen molar-refractivity contribution in [3.8, 4) is 22.6 Å². The summed E-state index contributed by atoms with van der Waals surface area (Å²) in [5.74, 6) is -0.280. The van der Waals surface area contributed by atoms with Gasteiger partial charge in [-0.2, -0.15) is 5.10 Å². The van der Waals surface area contributed by atoms with Crippen molar-refractivity contribution in [2.45, 2.75) is 0 Å². The van der Waals surface area contributed by atoms with Crippen molar-refractivity contribution in [3.63, 3.8) is 0 Å². The third-order valence-corrected chi connectivity index (χ3v) is 3.27. The molecule has 0 bridgehead atoms. The van der Waals surface area contributed by atoms with Crippen molar-refractivity contribution in [1.29, 1.82) is 0 Å². The van der Waals surface area contributed by atoms with E-state index in [1.165, 1.54) is 0 Å². The number of carboxylic acids is 1. The Hall–Kier alpha value is -2.96. The van der Waals surface area contributed by atoms with Crippen LogP contribution in [0.15, 0.2) is 36.8 Å². The lowest BCUT2D eigenvalue weighted by Gasteiger charge is -2.07. The molecule has 2 aromatic heterocycles. The molecule has 1 aromatic carbocycles. The Morgan fingerprint density at radius 1 is 1.29 bits per heavy atom. The maximum absolute atomic E-state index is 11.1. The average molecular weight is 283 g/mol. The van der Waals surface area contributed by atoms with Gasteiger partial charge in [0.05, 0.1) is 23.0 Å². The van der Waals surface area contributed by atoms with E-state index in [9.17, 15) is 4.79 Å². The largest absolute Gasteiger partial charge is 0.478 e. The van der Waals surface area contributed by atoms with Crippen LogP contribution in [0.25, 0.3) is 22.6 Å². The summed E-state index contributed by atoms with van der Waals surface area (Å²) in [4.78, 5) is 11.1. The summed E-state index contributed by atoms with van der Waals surface area (Å²) in [5.41, 5.74) is 2.61. The molecular weight excluding hydrogens is 270 g/mol. The van der Waals surface area contributed by atoms with E-state index in [1.807, 2.05) is 20.2 Å². The van der Waals surface area contributed by atoms with Gasteiger partial charge in [-0.25, -0.2) is 4.79 Å². The van der Waals surface area contributed by atoms with Crippen molar-refractivity contribution < 1.29 is 9.90 Å². The van der Waals surface area contributed by atoms with Crippen LogP contribution in [0.3, 0.4) is 0 Å². The van der Waals surface area contributed by atoms with E-state index in [0.717, 1.165) is 16.8 Å². The topological polar surface area (TPSA) is 85.8 Å². The summed E-state index contributed by atoms with van der Waals surface area (Å²) in [6.45, 7) is 0. The molecule has 7 heteroatoms. The smallest absolute Gasteiger partial charge is 0.335 e. The third-order valence-electron chi connectivity index (χ3n) is 3.27. The van der Waals surface area contributed by atoms with Crippen molar-refractivity contribution in [1.82, 2.24) is 24.5 Å². The molecule has 7 nitrogen and oxygen atoms in total. The number of benzene rings is 1. The summed E-state index contributed by atoms with van der Waals surface area (Å²) in [6, 6.07) is 6.75. The minimum atomic E-state index is -0.959. The van der Waals surface area contributed by atoms with E-state index in [4.69, 9.17) is 5.11 Å². The Morgan fingerprint density at radius 3 is 2.76 bits per heavy atom. The highest BCUT2D eigenvalue weighted by atomic mass is 16.4. The zero-order valence-corrected chi connectivity index (χ0v) is 11.6. The lowest BCUT2D eigenvalue weighted by molar-refractivity contribution is 0.0697. The molecular formula is C14H13N5O2. The summed E-state index contributed by atoms with van der Waals surface area (Å²) in [5, 5.41) is 21.3. The monoisotopic (exact) mass is 283 g/mol. The van der Waals surface area contributed by atoms with Gasteiger partial charge in [-0.05, 0) is 12.1 Å². The van der Waals surface area contributed by atoms with Gasteiger partial charge in [-0.15, -0.1) is 10.2 Å². The molecule has 0 spiro atoms. The predicted molar refractivity (Wildman–Crippen MR) is 75.6 cm³/mol. The molecule has 106 valence electrons. The van der Waals surface area contributed by atoms with Crippen molar-refractivity contribution in [2.24, 2.45) is 14.1 Å². The zero-order valence-electron chi connectivity index (χ0n) is 11.6. The normalized spacial score (nSPS) is 10.8. The highest BCUT2D eigenvalue weighted by Crippen LogP contribution is 2.30. The number of carboxylic acid groups (broad SMARTS) is 1. The fourth-order valence-electron chi connectivity index (χ4n) is 2.27. The van der Waals surface area contributed by atoms with Gasteiger partial charge < -0.3 is 9.67 Å². The van der Waals surface area contributed by atoms with Crippen molar-refractivity contribution in [2.75, 3.05) is 0 Å². The van der Waals surface area contributed by atoms with Crippen LogP contribution in [-0.4, -0.2) is 35.6 Å². The van der Waals surface area contributed by atoms with Gasteiger partial charge in [0.25, 0.3) is 0 Å². The molecule has 3 aromatic rings. The first-order valence-corrected chi connectivity index (χ1v) is 6.28. The van der Waals surface area contributed by atoms with Crippen LogP contribution in [0.1, 0.15) is 10.4 Å². The lowest BCUT2D eigenvalue weighted by Crippen LogP contribution is -2.00. The van der Waals surface area contributed by atoms with Gasteiger partial charge in [-0.3, -0.25) is 4.68 Å². The minimum Gasteiger partial charge on any atom is -0.478 e. The fourth-order valence-corrected chi connectivity index (χ4v) is 2.27. The Labute approximate surface area is 120 Å². The fraction of sp³-hybridized carbons (Fsp3) is 0.143. The van der Waals surface area contributed by atoms with Crippen LogP contribution in [0.5, 0.6) is 0 Å². The quantitative estimate of drug-likeness (QED) is 0.788. The van der Waals surface area contributed by atoms with Crippen molar-refractivity contribution in [3.05, 3.63) is 42.4 Å². The maximum atomic E-state index is 11.1. The molecule has 3 rings (SSSR count). The number of hydrogen-bond donors (Lipinski definition) is 1. The molecule has 0 saturated carbocycles. The van der Waals surface area contributed by atoms with Crippen molar-refractivity contribution >= 4 is 5.97 Å². The van der Waals surface area contributed by atoms with Gasteiger partial charge in [0.1, 0.15) is 6.33 Å². The second kappa shape index (κ2) is 4.86. The van der Waals surface area contributed by atoms with Gasteiger partial charge in [-0.1, -0.05) is 12.1 Å². The SMILES string of the molecule is Cn1cnnc1-c1cnn(C)c1-c1cccc(C(=O)O)c1. The average Bonchev–Trinajstić information content (AvgIpc) is 3.04. The number of aryl methyl sites for hydroxylation is 2. The number of rotatable bonds is 3. The molecule has 1 N–H and O–H groups in total. The highest BCUT2D eigenvalue weighted by Gasteiger charge is 2.17. The molecule has 0 atom stereocenters. The second-order valence-electron chi connectivity index (χ2n) is 4.68. The van der Waals surface area contributed by atoms with E-state index in [-0.39, 0.29) is 5.56 Å². The van der Waals surface area contributed by atoms with Crippen LogP contribution in [0, 0.1) is 0 Å². The Balaban J connectivity index is 2.20. The van der Waals surface area contributed by atoms with E-state index in [2.05, 4.69) is 15.3 Å². The van der Waals surface area contributed by atoms with E-state index < -0.39 is 5.97 Å². The molecule has 0 aliphatic carbocycles. The van der Waals surface area contributed by atoms with Crippen LogP contribution in [-0.2, 0) is 14.1 Å². The number of aromatic nitrogens is 5. The maximum Gasteiger partial charge on any atom is 0.335 e. The Bertz CT molecular complexity index is 818. The standard InChI is InChI=1S/C14H13N5O2/c1-18-8-15-17-13(18)11-7-16-19(2)12(11)9-4-3-5-10(6-9)14(20)21/h3-8H,1-2H3,(H,20,21).